The van der Waals surface area contributed by atoms with Gasteiger partial charge in [-0.15, -0.1) is 0 Å². The molecule has 2 aliphatic rings. The van der Waals surface area contributed by atoms with Crippen LogP contribution in [0.15, 0.2) is 18.2 Å². The van der Waals surface area contributed by atoms with Crippen LogP contribution in [-0.2, 0) is 0 Å². The Labute approximate surface area is 116 Å². The van der Waals surface area contributed by atoms with E-state index in [1.54, 1.807) is 0 Å². The first-order chi connectivity index (χ1) is 9.19. The van der Waals surface area contributed by atoms with Crippen molar-refractivity contribution in [2.24, 2.45) is 0 Å². The van der Waals surface area contributed by atoms with Crippen molar-refractivity contribution in [2.45, 2.75) is 32.4 Å². The highest BCUT2D eigenvalue weighted by molar-refractivity contribution is 5.43. The third-order valence-electron chi connectivity index (χ3n) is 4.49. The Morgan fingerprint density at radius 1 is 1.21 bits per heavy atom. The molecule has 2 aliphatic heterocycles. The first kappa shape index (κ1) is 12.9. The van der Waals surface area contributed by atoms with Gasteiger partial charge < -0.3 is 9.64 Å². The standard InChI is InChI=1S/C16H24N2O/c1-4-13-14-11-12(2)5-6-15(14)19-16(13)18-9-7-17(3)8-10-18/h5-6,11,13,16H,4,7-10H2,1-3H3. The molecule has 0 N–H and O–H groups in total. The maximum atomic E-state index is 6.25. The Morgan fingerprint density at radius 2 is 1.95 bits per heavy atom. The molecule has 3 rings (SSSR count). The molecule has 104 valence electrons. The van der Waals surface area contributed by atoms with Gasteiger partial charge in [-0.1, -0.05) is 24.6 Å². The Balaban J connectivity index is 1.81. The summed E-state index contributed by atoms with van der Waals surface area (Å²) in [6.45, 7) is 8.96. The van der Waals surface area contributed by atoms with Crippen LogP contribution in [0.1, 0.15) is 30.4 Å². The zero-order chi connectivity index (χ0) is 13.4. The highest BCUT2D eigenvalue weighted by Crippen LogP contribution is 2.41. The van der Waals surface area contributed by atoms with E-state index in [4.69, 9.17) is 4.74 Å². The van der Waals surface area contributed by atoms with Crippen molar-refractivity contribution >= 4 is 0 Å². The third-order valence-corrected chi connectivity index (χ3v) is 4.49. The minimum atomic E-state index is 0.246. The number of likely N-dealkylation sites (N-methyl/N-ethyl adjacent to an activating group) is 1. The molecule has 1 fully saturated rings. The van der Waals surface area contributed by atoms with Crippen LogP contribution >= 0.6 is 0 Å². The molecule has 3 nitrogen and oxygen atoms in total. The molecular weight excluding hydrogens is 236 g/mol. The second-order valence-corrected chi connectivity index (χ2v) is 5.90. The molecule has 0 radical (unpaired) electrons. The van der Waals surface area contributed by atoms with Crippen molar-refractivity contribution in [3.63, 3.8) is 0 Å². The van der Waals surface area contributed by atoms with Gasteiger partial charge in [0.2, 0.25) is 0 Å². The van der Waals surface area contributed by atoms with Gasteiger partial charge in [-0.2, -0.15) is 0 Å². The van der Waals surface area contributed by atoms with Gasteiger partial charge in [0.05, 0.1) is 0 Å². The average Bonchev–Trinajstić information content (AvgIpc) is 2.77. The summed E-state index contributed by atoms with van der Waals surface area (Å²) >= 11 is 0. The molecule has 0 saturated carbocycles. The first-order valence-corrected chi connectivity index (χ1v) is 7.39. The monoisotopic (exact) mass is 260 g/mol. The predicted molar refractivity (Wildman–Crippen MR) is 77.7 cm³/mol. The Kier molecular flexibility index (Phi) is 3.50. The van der Waals surface area contributed by atoms with Gasteiger partial charge in [0, 0.05) is 37.7 Å². The first-order valence-electron chi connectivity index (χ1n) is 7.39. The molecule has 0 aromatic heterocycles. The molecule has 0 spiro atoms. The van der Waals surface area contributed by atoms with E-state index in [1.807, 2.05) is 0 Å². The molecule has 1 aromatic carbocycles. The number of benzene rings is 1. The lowest BCUT2D eigenvalue weighted by Gasteiger charge is -2.37. The zero-order valence-electron chi connectivity index (χ0n) is 12.2. The lowest BCUT2D eigenvalue weighted by Crippen LogP contribution is -2.51. The molecular formula is C16H24N2O. The Bertz CT molecular complexity index is 452. The highest BCUT2D eigenvalue weighted by atomic mass is 16.5. The second-order valence-electron chi connectivity index (χ2n) is 5.90. The zero-order valence-corrected chi connectivity index (χ0v) is 12.2. The van der Waals surface area contributed by atoms with Gasteiger partial charge in [0.1, 0.15) is 5.75 Å². The molecule has 0 amide bonds. The second kappa shape index (κ2) is 5.14. The number of hydrogen-bond donors (Lipinski definition) is 0. The lowest BCUT2D eigenvalue weighted by molar-refractivity contribution is -0.00491. The van der Waals surface area contributed by atoms with Crippen LogP contribution < -0.4 is 4.74 Å². The topological polar surface area (TPSA) is 15.7 Å². The Hall–Kier alpha value is -1.06. The van der Waals surface area contributed by atoms with Gasteiger partial charge in [-0.05, 0) is 26.5 Å². The minimum Gasteiger partial charge on any atom is -0.474 e. The Morgan fingerprint density at radius 3 is 2.63 bits per heavy atom. The normalized spacial score (nSPS) is 28.2. The number of aryl methyl sites for hydroxylation is 1. The number of ether oxygens (including phenoxy) is 1. The fourth-order valence-electron chi connectivity index (χ4n) is 3.26. The molecule has 3 heteroatoms. The van der Waals surface area contributed by atoms with Gasteiger partial charge in [0.25, 0.3) is 0 Å². The summed E-state index contributed by atoms with van der Waals surface area (Å²) in [6, 6.07) is 6.60. The summed E-state index contributed by atoms with van der Waals surface area (Å²) in [6.07, 6.45) is 1.39. The number of nitrogens with zero attached hydrogens (tertiary/aromatic N) is 2. The van der Waals surface area contributed by atoms with Crippen LogP contribution in [0.3, 0.4) is 0 Å². The minimum absolute atomic E-state index is 0.246. The number of hydrogen-bond acceptors (Lipinski definition) is 3. The summed E-state index contributed by atoms with van der Waals surface area (Å²) in [4.78, 5) is 4.91. The molecule has 2 atom stereocenters. The van der Waals surface area contributed by atoms with Crippen LogP contribution in [0, 0.1) is 6.92 Å². The SMILES string of the molecule is CCC1c2cc(C)ccc2OC1N1CCN(C)CC1. The summed E-state index contributed by atoms with van der Waals surface area (Å²) < 4.78 is 6.25. The maximum Gasteiger partial charge on any atom is 0.159 e. The number of piperazine rings is 1. The summed E-state index contributed by atoms with van der Waals surface area (Å²) in [5.41, 5.74) is 2.74. The maximum absolute atomic E-state index is 6.25. The predicted octanol–water partition coefficient (Wildman–Crippen LogP) is 2.45. The van der Waals surface area contributed by atoms with E-state index in [0.717, 1.165) is 38.3 Å². The largest absolute Gasteiger partial charge is 0.474 e. The molecule has 1 saturated heterocycles. The molecule has 0 bridgehead atoms. The van der Waals surface area contributed by atoms with E-state index in [-0.39, 0.29) is 6.23 Å². The van der Waals surface area contributed by atoms with Crippen molar-refractivity contribution in [1.29, 1.82) is 0 Å². The van der Waals surface area contributed by atoms with Gasteiger partial charge in [-0.25, -0.2) is 0 Å². The van der Waals surface area contributed by atoms with Gasteiger partial charge in [0.15, 0.2) is 6.23 Å². The third kappa shape index (κ3) is 2.37. The van der Waals surface area contributed by atoms with Crippen LogP contribution in [0.2, 0.25) is 0 Å². The highest BCUT2D eigenvalue weighted by Gasteiger charge is 2.37. The van der Waals surface area contributed by atoms with E-state index in [0.29, 0.717) is 5.92 Å². The molecule has 2 unspecified atom stereocenters. The van der Waals surface area contributed by atoms with E-state index in [9.17, 15) is 0 Å². The molecule has 0 aliphatic carbocycles. The van der Waals surface area contributed by atoms with E-state index >= 15 is 0 Å². The molecule has 1 aromatic rings. The van der Waals surface area contributed by atoms with Gasteiger partial charge >= 0.3 is 0 Å². The van der Waals surface area contributed by atoms with Crippen molar-refractivity contribution in [1.82, 2.24) is 9.80 Å². The smallest absolute Gasteiger partial charge is 0.159 e. The van der Waals surface area contributed by atoms with Crippen molar-refractivity contribution in [3.8, 4) is 5.75 Å². The van der Waals surface area contributed by atoms with E-state index < -0.39 is 0 Å². The van der Waals surface area contributed by atoms with Crippen molar-refractivity contribution in [3.05, 3.63) is 29.3 Å². The fraction of sp³-hybridized carbons (Fsp3) is 0.625. The average molecular weight is 260 g/mol. The van der Waals surface area contributed by atoms with Crippen LogP contribution in [0.4, 0.5) is 0 Å². The van der Waals surface area contributed by atoms with E-state index in [1.165, 1.54) is 11.1 Å². The van der Waals surface area contributed by atoms with Crippen LogP contribution in [0.25, 0.3) is 0 Å². The van der Waals surface area contributed by atoms with E-state index in [2.05, 4.69) is 48.9 Å². The summed E-state index contributed by atoms with van der Waals surface area (Å²) in [5, 5.41) is 0. The van der Waals surface area contributed by atoms with Crippen molar-refractivity contribution < 1.29 is 4.74 Å². The molecule has 19 heavy (non-hydrogen) atoms. The fourth-order valence-corrected chi connectivity index (χ4v) is 3.26. The quantitative estimate of drug-likeness (QED) is 0.812. The van der Waals surface area contributed by atoms with Crippen LogP contribution in [-0.4, -0.2) is 49.3 Å². The summed E-state index contributed by atoms with van der Waals surface area (Å²) in [5.74, 6) is 1.62. The number of fused-ring (bicyclic) bond motifs is 1. The number of rotatable bonds is 2. The van der Waals surface area contributed by atoms with Crippen LogP contribution in [0.5, 0.6) is 5.75 Å². The van der Waals surface area contributed by atoms with Crippen molar-refractivity contribution in [2.75, 3.05) is 33.2 Å². The lowest BCUT2D eigenvalue weighted by atomic mass is 9.94. The van der Waals surface area contributed by atoms with Gasteiger partial charge in [-0.3, -0.25) is 4.90 Å². The summed E-state index contributed by atoms with van der Waals surface area (Å²) in [7, 11) is 2.20. The molecule has 2 heterocycles.